The third-order valence-corrected chi connectivity index (χ3v) is 7.99. The molecule has 5 rings (SSSR count). The number of imidazole rings is 1. The van der Waals surface area contributed by atoms with Crippen LogP contribution in [-0.2, 0) is 12.7 Å². The first kappa shape index (κ1) is 26.7. The van der Waals surface area contributed by atoms with E-state index in [9.17, 15) is 13.2 Å². The first-order valence-electron chi connectivity index (χ1n) is 12.2. The Morgan fingerprint density at radius 1 is 1.21 bits per heavy atom. The van der Waals surface area contributed by atoms with E-state index in [1.54, 1.807) is 16.5 Å². The zero-order chi connectivity index (χ0) is 26.9. The highest BCUT2D eigenvalue weighted by molar-refractivity contribution is 7.96. The molecule has 8 nitrogen and oxygen atoms in total. The van der Waals surface area contributed by atoms with Crippen LogP contribution in [0.2, 0.25) is 5.02 Å². The first-order chi connectivity index (χ1) is 18.2. The van der Waals surface area contributed by atoms with Crippen molar-refractivity contribution >= 4 is 29.5 Å². The lowest BCUT2D eigenvalue weighted by Crippen LogP contribution is -2.45. The molecule has 0 saturated carbocycles. The third-order valence-electron chi connectivity index (χ3n) is 6.80. The molecular weight excluding hydrogens is 537 g/mol. The number of nitrogens with zero attached hydrogens (tertiary/aromatic N) is 7. The highest BCUT2D eigenvalue weighted by Gasteiger charge is 2.36. The van der Waals surface area contributed by atoms with Gasteiger partial charge in [0, 0.05) is 51.2 Å². The molecule has 1 aromatic carbocycles. The van der Waals surface area contributed by atoms with Crippen LogP contribution in [0.15, 0.2) is 36.9 Å². The van der Waals surface area contributed by atoms with Crippen molar-refractivity contribution in [3.63, 3.8) is 0 Å². The number of nitriles is 1. The third kappa shape index (κ3) is 5.91. The van der Waals surface area contributed by atoms with Crippen LogP contribution < -0.4 is 5.32 Å². The van der Waals surface area contributed by atoms with Gasteiger partial charge in [0.2, 0.25) is 5.95 Å². The van der Waals surface area contributed by atoms with Gasteiger partial charge in [0.25, 0.3) is 0 Å². The molecule has 0 atom stereocenters. The van der Waals surface area contributed by atoms with Crippen LogP contribution in [0.25, 0.3) is 17.1 Å². The highest BCUT2D eigenvalue weighted by atomic mass is 35.5. The van der Waals surface area contributed by atoms with Crippen LogP contribution in [0, 0.1) is 17.2 Å². The van der Waals surface area contributed by atoms with Gasteiger partial charge in [-0.1, -0.05) is 29.6 Å². The van der Waals surface area contributed by atoms with Crippen molar-refractivity contribution in [2.75, 3.05) is 37.8 Å². The molecule has 0 radical (unpaired) electrons. The van der Waals surface area contributed by atoms with Gasteiger partial charge in [-0.25, -0.2) is 15.0 Å². The topological polar surface area (TPSA) is 85.9 Å². The predicted molar refractivity (Wildman–Crippen MR) is 141 cm³/mol. The molecule has 0 bridgehead atoms. The van der Waals surface area contributed by atoms with Crippen LogP contribution in [0.4, 0.5) is 19.1 Å². The van der Waals surface area contributed by atoms with Crippen molar-refractivity contribution in [3.05, 3.63) is 53.1 Å². The molecule has 0 spiro atoms. The summed E-state index contributed by atoms with van der Waals surface area (Å²) in [6.07, 6.45) is 2.82. The lowest BCUT2D eigenvalue weighted by atomic mass is 10.0. The Morgan fingerprint density at radius 2 is 1.97 bits per heavy atom. The Kier molecular flexibility index (Phi) is 7.81. The molecule has 13 heteroatoms. The molecule has 2 aliphatic heterocycles. The number of alkyl halides is 3. The van der Waals surface area contributed by atoms with Gasteiger partial charge in [0.1, 0.15) is 23.3 Å². The average Bonchev–Trinajstić information content (AvgIpc) is 3.36. The molecule has 2 fully saturated rings. The Bertz CT molecular complexity index is 1330. The van der Waals surface area contributed by atoms with Gasteiger partial charge in [0.15, 0.2) is 0 Å². The maximum atomic E-state index is 13.8. The second-order valence-corrected chi connectivity index (χ2v) is 10.7. The van der Waals surface area contributed by atoms with Gasteiger partial charge >= 0.3 is 6.18 Å². The quantitative estimate of drug-likeness (QED) is 0.398. The first-order valence-corrected chi connectivity index (χ1v) is 13.7. The van der Waals surface area contributed by atoms with Gasteiger partial charge in [-0.05, 0) is 36.8 Å². The molecule has 0 amide bonds. The summed E-state index contributed by atoms with van der Waals surface area (Å²) in [5.74, 6) is 0.221. The Labute approximate surface area is 228 Å². The number of aromatic nitrogens is 4. The number of benzene rings is 1. The molecule has 2 aromatic heterocycles. The Balaban J connectivity index is 1.36. The summed E-state index contributed by atoms with van der Waals surface area (Å²) in [5, 5.41) is 12.6. The highest BCUT2D eigenvalue weighted by Crippen LogP contribution is 2.36. The second kappa shape index (κ2) is 11.1. The van der Waals surface area contributed by atoms with Crippen LogP contribution in [0.1, 0.15) is 24.0 Å². The molecule has 1 N–H and O–H groups in total. The molecule has 4 heterocycles. The lowest BCUT2D eigenvalue weighted by molar-refractivity contribution is -0.137. The van der Waals surface area contributed by atoms with Crippen molar-refractivity contribution < 1.29 is 13.2 Å². The van der Waals surface area contributed by atoms with E-state index < -0.39 is 11.7 Å². The number of hydrogen-bond acceptors (Lipinski definition) is 8. The normalized spacial score (nSPS) is 17.8. The molecule has 2 aliphatic rings. The fourth-order valence-electron chi connectivity index (χ4n) is 4.69. The number of likely N-dealkylation sites (tertiary alicyclic amines) is 1. The van der Waals surface area contributed by atoms with E-state index in [1.807, 2.05) is 24.5 Å². The smallest absolute Gasteiger partial charge is 0.351 e. The number of hydrogen-bond donors (Lipinski definition) is 1. The van der Waals surface area contributed by atoms with E-state index in [2.05, 4.69) is 35.5 Å². The fourth-order valence-corrected chi connectivity index (χ4v) is 5.57. The SMILES string of the molecule is CSN1CCC(Nc2ncc(C(F)(F)F)c(-c3cn(-c4ccc(CN5CC(C#N)C5)cc4Cl)cn3)n2)CC1. The summed E-state index contributed by atoms with van der Waals surface area (Å²) >= 11 is 8.22. The molecule has 0 unspecified atom stereocenters. The summed E-state index contributed by atoms with van der Waals surface area (Å²) < 4.78 is 45.4. The van der Waals surface area contributed by atoms with E-state index in [1.165, 1.54) is 12.5 Å². The molecule has 38 heavy (non-hydrogen) atoms. The van der Waals surface area contributed by atoms with E-state index >= 15 is 0 Å². The number of halogens is 4. The van der Waals surface area contributed by atoms with Gasteiger partial charge < -0.3 is 9.88 Å². The van der Waals surface area contributed by atoms with Gasteiger partial charge in [-0.3, -0.25) is 9.21 Å². The van der Waals surface area contributed by atoms with Crippen LogP contribution in [-0.4, -0.2) is 67.2 Å². The summed E-state index contributed by atoms with van der Waals surface area (Å²) in [5.41, 5.74) is 0.423. The van der Waals surface area contributed by atoms with Crippen LogP contribution in [0.5, 0.6) is 0 Å². The molecule has 2 saturated heterocycles. The number of rotatable bonds is 7. The molecule has 0 aliphatic carbocycles. The number of nitrogens with one attached hydrogen (secondary N) is 1. The monoisotopic (exact) mass is 562 g/mol. The summed E-state index contributed by atoms with van der Waals surface area (Å²) in [7, 11) is 0. The zero-order valence-electron chi connectivity index (χ0n) is 20.6. The van der Waals surface area contributed by atoms with Crippen molar-refractivity contribution in [1.29, 1.82) is 5.26 Å². The van der Waals surface area contributed by atoms with Gasteiger partial charge in [-0.15, -0.1) is 0 Å². The Hall–Kier alpha value is -2.85. The average molecular weight is 563 g/mol. The standard InChI is InChI=1S/C25H26ClF3N8S/c1-38-37-6-4-18(5-7-37)33-24-31-10-19(25(27,28)29)23(34-24)21-14-36(15-32-21)22-3-2-16(8-20(22)26)11-35-12-17(9-30)13-35/h2-3,8,10,14-15,17-18H,4-7,11-13H2,1H3,(H,31,33,34). The van der Waals surface area contributed by atoms with E-state index in [-0.39, 0.29) is 29.3 Å². The summed E-state index contributed by atoms with van der Waals surface area (Å²) in [4.78, 5) is 14.6. The minimum Gasteiger partial charge on any atom is -0.351 e. The van der Waals surface area contributed by atoms with Gasteiger partial charge in [0.05, 0.1) is 22.7 Å². The number of piperidine rings is 1. The fraction of sp³-hybridized carbons (Fsp3) is 0.440. The summed E-state index contributed by atoms with van der Waals surface area (Å²) in [6, 6.07) is 7.88. The molecule has 200 valence electrons. The number of anilines is 1. The zero-order valence-corrected chi connectivity index (χ0v) is 22.2. The van der Waals surface area contributed by atoms with Crippen LogP contribution >= 0.6 is 23.5 Å². The van der Waals surface area contributed by atoms with E-state index in [4.69, 9.17) is 16.9 Å². The molecular formula is C25H26ClF3N8S. The van der Waals surface area contributed by atoms with Crippen molar-refractivity contribution in [2.45, 2.75) is 31.6 Å². The van der Waals surface area contributed by atoms with Crippen molar-refractivity contribution in [3.8, 4) is 23.1 Å². The van der Waals surface area contributed by atoms with Crippen LogP contribution in [0.3, 0.4) is 0 Å². The Morgan fingerprint density at radius 3 is 2.63 bits per heavy atom. The van der Waals surface area contributed by atoms with Crippen molar-refractivity contribution in [2.24, 2.45) is 5.92 Å². The van der Waals surface area contributed by atoms with E-state index in [0.717, 1.165) is 50.8 Å². The van der Waals surface area contributed by atoms with E-state index in [0.29, 0.717) is 17.3 Å². The maximum Gasteiger partial charge on any atom is 0.420 e. The molecule has 3 aromatic rings. The van der Waals surface area contributed by atoms with Crippen molar-refractivity contribution in [1.82, 2.24) is 28.7 Å². The maximum absolute atomic E-state index is 13.8. The van der Waals surface area contributed by atoms with Gasteiger partial charge in [-0.2, -0.15) is 18.4 Å². The predicted octanol–water partition coefficient (Wildman–Crippen LogP) is 5.11. The minimum absolute atomic E-state index is 0.0707. The second-order valence-electron chi connectivity index (χ2n) is 9.46. The summed E-state index contributed by atoms with van der Waals surface area (Å²) in [6.45, 7) is 3.91. The minimum atomic E-state index is -4.64. The largest absolute Gasteiger partial charge is 0.420 e. The lowest BCUT2D eigenvalue weighted by Gasteiger charge is -2.35.